The molecule has 3 rings (SSSR count). The Bertz CT molecular complexity index is 846. The van der Waals surface area contributed by atoms with Gasteiger partial charge in [0.2, 0.25) is 11.3 Å². The van der Waals surface area contributed by atoms with Crippen LogP contribution in [0.15, 0.2) is 35.3 Å². The summed E-state index contributed by atoms with van der Waals surface area (Å²) in [5, 5.41) is 13.5. The SMILES string of the molecule is O=C(O)CCC1CCCN(C(=O)Cn2ncc(=O)c3ccccc32)C1. The van der Waals surface area contributed by atoms with Crippen LogP contribution in [-0.4, -0.2) is 44.8 Å². The van der Waals surface area contributed by atoms with Gasteiger partial charge < -0.3 is 10.0 Å². The Labute approximate surface area is 144 Å². The van der Waals surface area contributed by atoms with Gasteiger partial charge in [-0.3, -0.25) is 19.1 Å². The van der Waals surface area contributed by atoms with Crippen LogP contribution in [0.3, 0.4) is 0 Å². The first kappa shape index (κ1) is 17.1. The zero-order valence-corrected chi connectivity index (χ0v) is 13.9. The molecule has 0 spiro atoms. The van der Waals surface area contributed by atoms with Crippen molar-refractivity contribution in [2.45, 2.75) is 32.2 Å². The number of carbonyl (C=O) groups is 2. The largest absolute Gasteiger partial charge is 0.481 e. The summed E-state index contributed by atoms with van der Waals surface area (Å²) >= 11 is 0. The van der Waals surface area contributed by atoms with Crippen LogP contribution in [0, 0.1) is 5.92 Å². The molecule has 132 valence electrons. The average molecular weight is 343 g/mol. The molecule has 1 N–H and O–H groups in total. The molecular weight excluding hydrogens is 322 g/mol. The minimum absolute atomic E-state index is 0.0543. The second kappa shape index (κ2) is 7.46. The lowest BCUT2D eigenvalue weighted by molar-refractivity contribution is -0.137. The highest BCUT2D eigenvalue weighted by atomic mass is 16.4. The van der Waals surface area contributed by atoms with Gasteiger partial charge in [-0.15, -0.1) is 0 Å². The van der Waals surface area contributed by atoms with Crippen LogP contribution in [0.5, 0.6) is 0 Å². The first-order chi connectivity index (χ1) is 12.0. The molecule has 7 heteroatoms. The number of hydrogen-bond acceptors (Lipinski definition) is 4. The molecule has 1 aromatic heterocycles. The van der Waals surface area contributed by atoms with Crippen molar-refractivity contribution < 1.29 is 14.7 Å². The summed E-state index contributed by atoms with van der Waals surface area (Å²) in [5.41, 5.74) is 0.480. The highest BCUT2D eigenvalue weighted by Gasteiger charge is 2.24. The van der Waals surface area contributed by atoms with E-state index in [1.54, 1.807) is 27.8 Å². The summed E-state index contributed by atoms with van der Waals surface area (Å²) in [5.74, 6) is -0.624. The van der Waals surface area contributed by atoms with Crippen LogP contribution < -0.4 is 5.43 Å². The second-order valence-corrected chi connectivity index (χ2v) is 6.46. The van der Waals surface area contributed by atoms with Gasteiger partial charge in [0, 0.05) is 24.9 Å². The summed E-state index contributed by atoms with van der Waals surface area (Å²) in [7, 11) is 0. The molecule has 0 saturated carbocycles. The van der Waals surface area contributed by atoms with E-state index in [0.717, 1.165) is 12.8 Å². The number of carboxylic acids is 1. The lowest BCUT2D eigenvalue weighted by Crippen LogP contribution is -2.42. The van der Waals surface area contributed by atoms with Crippen molar-refractivity contribution in [1.82, 2.24) is 14.7 Å². The molecule has 0 aliphatic carbocycles. The highest BCUT2D eigenvalue weighted by molar-refractivity contribution is 5.81. The van der Waals surface area contributed by atoms with Gasteiger partial charge in [0.25, 0.3) is 0 Å². The minimum Gasteiger partial charge on any atom is -0.481 e. The monoisotopic (exact) mass is 343 g/mol. The smallest absolute Gasteiger partial charge is 0.303 e. The molecule has 1 saturated heterocycles. The molecule has 1 unspecified atom stereocenters. The quantitative estimate of drug-likeness (QED) is 0.888. The van der Waals surface area contributed by atoms with Gasteiger partial charge in [-0.1, -0.05) is 12.1 Å². The third-order valence-corrected chi connectivity index (χ3v) is 4.69. The Morgan fingerprint density at radius 3 is 2.88 bits per heavy atom. The first-order valence-corrected chi connectivity index (χ1v) is 8.49. The van der Waals surface area contributed by atoms with E-state index in [-0.39, 0.29) is 30.2 Å². The maximum absolute atomic E-state index is 12.7. The number of carbonyl (C=O) groups excluding carboxylic acids is 1. The summed E-state index contributed by atoms with van der Waals surface area (Å²) < 4.78 is 1.56. The normalized spacial score (nSPS) is 17.6. The van der Waals surface area contributed by atoms with Crippen LogP contribution >= 0.6 is 0 Å². The van der Waals surface area contributed by atoms with Gasteiger partial charge in [0.1, 0.15) is 6.54 Å². The number of para-hydroxylation sites is 1. The van der Waals surface area contributed by atoms with Gasteiger partial charge in [-0.2, -0.15) is 5.10 Å². The predicted molar refractivity (Wildman–Crippen MR) is 92.2 cm³/mol. The van der Waals surface area contributed by atoms with Gasteiger partial charge in [-0.05, 0) is 37.3 Å². The summed E-state index contributed by atoms with van der Waals surface area (Å²) in [4.78, 5) is 37.0. The molecule has 0 bridgehead atoms. The number of rotatable bonds is 5. The number of fused-ring (bicyclic) bond motifs is 1. The van der Waals surface area contributed by atoms with Crippen molar-refractivity contribution in [1.29, 1.82) is 0 Å². The molecule has 1 fully saturated rings. The Morgan fingerprint density at radius 2 is 2.08 bits per heavy atom. The molecule has 2 heterocycles. The maximum Gasteiger partial charge on any atom is 0.303 e. The standard InChI is InChI=1S/C18H21N3O4/c22-16-10-19-21(15-6-2-1-5-14(15)16)12-17(23)20-9-3-4-13(11-20)7-8-18(24)25/h1-2,5-6,10,13H,3-4,7-9,11-12H2,(H,24,25). The Kier molecular flexibility index (Phi) is 5.11. The van der Waals surface area contributed by atoms with Crippen molar-refractivity contribution >= 4 is 22.8 Å². The summed E-state index contributed by atoms with van der Waals surface area (Å²) in [6.45, 7) is 1.34. The number of hydrogen-bond donors (Lipinski definition) is 1. The van der Waals surface area contributed by atoms with Crippen LogP contribution in [0.1, 0.15) is 25.7 Å². The Balaban J connectivity index is 1.71. The first-order valence-electron chi connectivity index (χ1n) is 8.49. The fourth-order valence-corrected chi connectivity index (χ4v) is 3.37. The molecule has 25 heavy (non-hydrogen) atoms. The fraction of sp³-hybridized carbons (Fsp3) is 0.444. The Hall–Kier alpha value is -2.70. The number of carboxylic acid groups (broad SMARTS) is 1. The number of aromatic nitrogens is 2. The highest BCUT2D eigenvalue weighted by Crippen LogP contribution is 2.21. The van der Waals surface area contributed by atoms with E-state index in [1.807, 2.05) is 6.07 Å². The van der Waals surface area contributed by atoms with Crippen molar-refractivity contribution in [3.8, 4) is 0 Å². The number of aliphatic carboxylic acids is 1. The number of piperidine rings is 1. The topological polar surface area (TPSA) is 92.5 Å². The van der Waals surface area contributed by atoms with E-state index in [4.69, 9.17) is 5.11 Å². The van der Waals surface area contributed by atoms with Crippen molar-refractivity contribution in [2.24, 2.45) is 5.92 Å². The lowest BCUT2D eigenvalue weighted by Gasteiger charge is -2.32. The summed E-state index contributed by atoms with van der Waals surface area (Å²) in [6, 6.07) is 7.10. The molecule has 7 nitrogen and oxygen atoms in total. The zero-order valence-electron chi connectivity index (χ0n) is 13.9. The number of nitrogens with zero attached hydrogens (tertiary/aromatic N) is 3. The van der Waals surface area contributed by atoms with E-state index in [1.165, 1.54) is 6.20 Å². The van der Waals surface area contributed by atoms with Gasteiger partial charge in [-0.25, -0.2) is 0 Å². The van der Waals surface area contributed by atoms with Crippen LogP contribution in [-0.2, 0) is 16.1 Å². The molecule has 1 amide bonds. The average Bonchev–Trinajstić information content (AvgIpc) is 2.63. The second-order valence-electron chi connectivity index (χ2n) is 6.46. The molecule has 2 aromatic rings. The lowest BCUT2D eigenvalue weighted by atomic mass is 9.93. The summed E-state index contributed by atoms with van der Waals surface area (Å²) in [6.07, 6.45) is 3.81. The van der Waals surface area contributed by atoms with E-state index < -0.39 is 5.97 Å². The predicted octanol–water partition coefficient (Wildman–Crippen LogP) is 1.50. The third-order valence-electron chi connectivity index (χ3n) is 4.69. The molecular formula is C18H21N3O4. The van der Waals surface area contributed by atoms with Gasteiger partial charge >= 0.3 is 5.97 Å². The molecule has 0 radical (unpaired) electrons. The van der Waals surface area contributed by atoms with Crippen LogP contribution in [0.4, 0.5) is 0 Å². The number of amides is 1. The van der Waals surface area contributed by atoms with Crippen molar-refractivity contribution in [2.75, 3.05) is 13.1 Å². The van der Waals surface area contributed by atoms with Crippen molar-refractivity contribution in [3.63, 3.8) is 0 Å². The molecule has 1 aliphatic rings. The van der Waals surface area contributed by atoms with Crippen molar-refractivity contribution in [3.05, 3.63) is 40.7 Å². The molecule has 1 atom stereocenters. The fourth-order valence-electron chi connectivity index (χ4n) is 3.37. The van der Waals surface area contributed by atoms with Gasteiger partial charge in [0.05, 0.1) is 11.7 Å². The number of likely N-dealkylation sites (tertiary alicyclic amines) is 1. The number of benzene rings is 1. The molecule has 1 aromatic carbocycles. The Morgan fingerprint density at radius 1 is 1.28 bits per heavy atom. The van der Waals surface area contributed by atoms with Crippen LogP contribution in [0.2, 0.25) is 0 Å². The minimum atomic E-state index is -0.799. The van der Waals surface area contributed by atoms with Crippen LogP contribution in [0.25, 0.3) is 10.9 Å². The molecule has 1 aliphatic heterocycles. The van der Waals surface area contributed by atoms with E-state index in [2.05, 4.69) is 5.10 Å². The van der Waals surface area contributed by atoms with E-state index >= 15 is 0 Å². The maximum atomic E-state index is 12.7. The van der Waals surface area contributed by atoms with Gasteiger partial charge in [0.15, 0.2) is 0 Å². The third kappa shape index (κ3) is 4.04. The van der Waals surface area contributed by atoms with E-state index in [0.29, 0.717) is 30.4 Å². The van der Waals surface area contributed by atoms with E-state index in [9.17, 15) is 14.4 Å². The zero-order chi connectivity index (χ0) is 17.8.